The molecule has 2 aromatic carbocycles. The Hall–Kier alpha value is -1.48. The predicted octanol–water partition coefficient (Wildman–Crippen LogP) is 4.80. The molecule has 0 aliphatic carbocycles. The van der Waals surface area contributed by atoms with Gasteiger partial charge in [-0.25, -0.2) is 4.39 Å². The third-order valence-electron chi connectivity index (χ3n) is 2.36. The van der Waals surface area contributed by atoms with E-state index in [1.54, 1.807) is 23.9 Å². The Morgan fingerprint density at radius 3 is 1.89 bits per heavy atom. The van der Waals surface area contributed by atoms with Crippen LogP contribution >= 0.6 is 11.8 Å². The molecule has 0 saturated heterocycles. The van der Waals surface area contributed by atoms with E-state index in [-0.39, 0.29) is 5.82 Å². The molecule has 1 N–H and O–H groups in total. The van der Waals surface area contributed by atoms with Gasteiger partial charge in [-0.05, 0) is 62.4 Å². The molecule has 0 aromatic heterocycles. The molecule has 0 bridgehead atoms. The van der Waals surface area contributed by atoms with Crippen molar-refractivity contribution in [1.29, 1.82) is 0 Å². The molecule has 2 aromatic rings. The van der Waals surface area contributed by atoms with Gasteiger partial charge >= 0.3 is 0 Å². The summed E-state index contributed by atoms with van der Waals surface area (Å²) in [6.07, 6.45) is 0. The molecular weight excluding hydrogens is 245 g/mol. The van der Waals surface area contributed by atoms with Crippen LogP contribution in [0.15, 0.2) is 58.3 Å². The van der Waals surface area contributed by atoms with Crippen LogP contribution < -0.4 is 5.32 Å². The van der Waals surface area contributed by atoms with E-state index in [4.69, 9.17) is 0 Å². The van der Waals surface area contributed by atoms with Crippen LogP contribution in [0.2, 0.25) is 0 Å². The summed E-state index contributed by atoms with van der Waals surface area (Å²) < 4.78 is 12.8. The van der Waals surface area contributed by atoms with Crippen LogP contribution in [0, 0.1) is 5.82 Å². The lowest BCUT2D eigenvalue weighted by Gasteiger charge is -2.10. The van der Waals surface area contributed by atoms with E-state index in [1.165, 1.54) is 12.1 Å². The molecule has 0 unspecified atom stereocenters. The maximum Gasteiger partial charge on any atom is 0.123 e. The van der Waals surface area contributed by atoms with E-state index in [1.807, 2.05) is 0 Å². The second-order valence-corrected chi connectivity index (χ2v) is 5.53. The summed E-state index contributed by atoms with van der Waals surface area (Å²) in [4.78, 5) is 2.19. The molecule has 0 radical (unpaired) electrons. The lowest BCUT2D eigenvalue weighted by Crippen LogP contribution is -2.09. The summed E-state index contributed by atoms with van der Waals surface area (Å²) in [6, 6.07) is 15.2. The van der Waals surface area contributed by atoms with Gasteiger partial charge in [-0.3, -0.25) is 0 Å². The minimum atomic E-state index is -0.198. The van der Waals surface area contributed by atoms with Gasteiger partial charge in [0.1, 0.15) is 5.82 Å². The number of benzene rings is 2. The zero-order valence-electron chi connectivity index (χ0n) is 10.5. The molecule has 0 heterocycles. The van der Waals surface area contributed by atoms with Crippen molar-refractivity contribution in [3.05, 3.63) is 54.3 Å². The fraction of sp³-hybridized carbons (Fsp3) is 0.200. The Morgan fingerprint density at radius 2 is 1.39 bits per heavy atom. The zero-order valence-corrected chi connectivity index (χ0v) is 11.3. The predicted molar refractivity (Wildman–Crippen MR) is 75.7 cm³/mol. The summed E-state index contributed by atoms with van der Waals surface area (Å²) in [5, 5.41) is 3.34. The number of halogens is 1. The smallest absolute Gasteiger partial charge is 0.123 e. The standard InChI is InChI=1S/C15H16FNS/c1-11(2)17-13-5-9-15(10-6-13)18-14-7-3-12(16)4-8-14/h3-11,17H,1-2H3. The highest BCUT2D eigenvalue weighted by Crippen LogP contribution is 2.28. The molecule has 0 atom stereocenters. The average molecular weight is 261 g/mol. The van der Waals surface area contributed by atoms with E-state index in [9.17, 15) is 4.39 Å². The summed E-state index contributed by atoms with van der Waals surface area (Å²) in [6.45, 7) is 4.22. The van der Waals surface area contributed by atoms with Crippen molar-refractivity contribution in [1.82, 2.24) is 0 Å². The second-order valence-electron chi connectivity index (χ2n) is 4.38. The van der Waals surface area contributed by atoms with Gasteiger partial charge in [0.05, 0.1) is 0 Å². The van der Waals surface area contributed by atoms with Crippen LogP contribution in [0.4, 0.5) is 10.1 Å². The number of anilines is 1. The Morgan fingerprint density at radius 1 is 0.889 bits per heavy atom. The number of hydrogen-bond acceptors (Lipinski definition) is 2. The highest BCUT2D eigenvalue weighted by atomic mass is 32.2. The van der Waals surface area contributed by atoms with Gasteiger partial charge in [0.15, 0.2) is 0 Å². The van der Waals surface area contributed by atoms with E-state index in [2.05, 4.69) is 43.4 Å². The molecule has 1 nitrogen and oxygen atoms in total. The molecule has 0 aliphatic heterocycles. The molecule has 0 aliphatic rings. The summed E-state index contributed by atoms with van der Waals surface area (Å²) in [5.41, 5.74) is 1.12. The van der Waals surface area contributed by atoms with Gasteiger partial charge in [0.25, 0.3) is 0 Å². The maximum absolute atomic E-state index is 12.8. The summed E-state index contributed by atoms with van der Waals surface area (Å²) in [5.74, 6) is -0.198. The van der Waals surface area contributed by atoms with Gasteiger partial charge < -0.3 is 5.32 Å². The molecule has 0 fully saturated rings. The highest BCUT2D eigenvalue weighted by Gasteiger charge is 1.99. The maximum atomic E-state index is 12.8. The fourth-order valence-electron chi connectivity index (χ4n) is 1.59. The first kappa shape index (κ1) is 13.0. The van der Waals surface area contributed by atoms with Crippen LogP contribution in [0.3, 0.4) is 0 Å². The number of rotatable bonds is 4. The molecule has 0 saturated carbocycles. The number of hydrogen-bond donors (Lipinski definition) is 1. The molecule has 18 heavy (non-hydrogen) atoms. The fourth-order valence-corrected chi connectivity index (χ4v) is 2.41. The Labute approximate surface area is 111 Å². The van der Waals surface area contributed by atoms with Crippen LogP contribution in [-0.4, -0.2) is 6.04 Å². The lowest BCUT2D eigenvalue weighted by molar-refractivity contribution is 0.626. The third kappa shape index (κ3) is 3.77. The van der Waals surface area contributed by atoms with Crippen molar-refractivity contribution in [2.24, 2.45) is 0 Å². The second kappa shape index (κ2) is 5.91. The first-order valence-corrected chi connectivity index (χ1v) is 6.75. The van der Waals surface area contributed by atoms with Crippen LogP contribution in [-0.2, 0) is 0 Å². The van der Waals surface area contributed by atoms with E-state index >= 15 is 0 Å². The minimum absolute atomic E-state index is 0.198. The van der Waals surface area contributed by atoms with E-state index in [0.29, 0.717) is 6.04 Å². The quantitative estimate of drug-likeness (QED) is 0.848. The minimum Gasteiger partial charge on any atom is -0.383 e. The normalized spacial score (nSPS) is 10.7. The molecule has 2 rings (SSSR count). The monoisotopic (exact) mass is 261 g/mol. The zero-order chi connectivity index (χ0) is 13.0. The van der Waals surface area contributed by atoms with Crippen molar-refractivity contribution in [2.75, 3.05) is 5.32 Å². The summed E-state index contributed by atoms with van der Waals surface area (Å²) in [7, 11) is 0. The Balaban J connectivity index is 2.04. The van der Waals surface area contributed by atoms with Gasteiger partial charge in [0, 0.05) is 21.5 Å². The first-order valence-electron chi connectivity index (χ1n) is 5.93. The average Bonchev–Trinajstić information content (AvgIpc) is 2.34. The number of nitrogens with one attached hydrogen (secondary N) is 1. The van der Waals surface area contributed by atoms with Crippen molar-refractivity contribution in [3.63, 3.8) is 0 Å². The molecule has 3 heteroatoms. The van der Waals surface area contributed by atoms with Crippen molar-refractivity contribution in [3.8, 4) is 0 Å². The molecule has 0 spiro atoms. The van der Waals surface area contributed by atoms with Crippen LogP contribution in [0.5, 0.6) is 0 Å². The van der Waals surface area contributed by atoms with Crippen LogP contribution in [0.25, 0.3) is 0 Å². The van der Waals surface area contributed by atoms with Crippen molar-refractivity contribution in [2.45, 2.75) is 29.7 Å². The van der Waals surface area contributed by atoms with Gasteiger partial charge in [-0.2, -0.15) is 0 Å². The third-order valence-corrected chi connectivity index (χ3v) is 3.37. The summed E-state index contributed by atoms with van der Waals surface area (Å²) >= 11 is 1.63. The van der Waals surface area contributed by atoms with Crippen molar-refractivity contribution < 1.29 is 4.39 Å². The Bertz CT molecular complexity index is 491. The van der Waals surface area contributed by atoms with Gasteiger partial charge in [-0.1, -0.05) is 11.8 Å². The molecular formula is C15H16FNS. The SMILES string of the molecule is CC(C)Nc1ccc(Sc2ccc(F)cc2)cc1. The Kier molecular flexibility index (Phi) is 4.26. The van der Waals surface area contributed by atoms with E-state index < -0.39 is 0 Å². The van der Waals surface area contributed by atoms with Crippen LogP contribution in [0.1, 0.15) is 13.8 Å². The van der Waals surface area contributed by atoms with Gasteiger partial charge in [-0.15, -0.1) is 0 Å². The molecule has 94 valence electrons. The van der Waals surface area contributed by atoms with E-state index in [0.717, 1.165) is 15.5 Å². The van der Waals surface area contributed by atoms with Crippen molar-refractivity contribution >= 4 is 17.4 Å². The highest BCUT2D eigenvalue weighted by molar-refractivity contribution is 7.99. The lowest BCUT2D eigenvalue weighted by atomic mass is 10.3. The first-order chi connectivity index (χ1) is 8.63. The van der Waals surface area contributed by atoms with Gasteiger partial charge in [0.2, 0.25) is 0 Å². The largest absolute Gasteiger partial charge is 0.383 e. The topological polar surface area (TPSA) is 12.0 Å². The molecule has 0 amide bonds.